The van der Waals surface area contributed by atoms with Crippen molar-refractivity contribution in [2.24, 2.45) is 10.2 Å². The summed E-state index contributed by atoms with van der Waals surface area (Å²) >= 11 is 7.64. The Morgan fingerprint density at radius 2 is 1.89 bits per heavy atom. The Bertz CT molecular complexity index is 1090. The van der Waals surface area contributed by atoms with Crippen LogP contribution < -0.4 is 0 Å². The van der Waals surface area contributed by atoms with E-state index in [2.05, 4.69) is 10.2 Å². The van der Waals surface area contributed by atoms with Crippen LogP contribution in [0, 0.1) is 6.92 Å². The minimum Gasteiger partial charge on any atom is -0.493 e. The number of aryl methyl sites for hydroxylation is 1. The van der Waals surface area contributed by atoms with E-state index in [4.69, 9.17) is 11.6 Å². The molecule has 4 rings (SSSR count). The number of azo groups is 1. The Balaban J connectivity index is 1.87. The molecule has 0 amide bonds. The molecule has 1 saturated heterocycles. The number of thioether (sulfide) groups is 1. The summed E-state index contributed by atoms with van der Waals surface area (Å²) in [6, 6.07) is 8.47. The second-order valence-corrected chi connectivity index (χ2v) is 8.11. The summed E-state index contributed by atoms with van der Waals surface area (Å²) in [7, 11) is 0. The van der Waals surface area contributed by atoms with Crippen LogP contribution in [0.15, 0.2) is 46.6 Å². The second kappa shape index (κ2) is 7.00. The Morgan fingerprint density at radius 3 is 2.50 bits per heavy atom. The van der Waals surface area contributed by atoms with E-state index < -0.39 is 11.7 Å². The molecule has 0 atom stereocenters. The highest BCUT2D eigenvalue weighted by atomic mass is 35.5. The van der Waals surface area contributed by atoms with Gasteiger partial charge in [-0.15, -0.1) is 5.11 Å². The number of nitrogens with zero attached hydrogens (tertiary/aromatic N) is 3. The number of hydrogen-bond acceptors (Lipinski definition) is 4. The predicted octanol–water partition coefficient (Wildman–Crippen LogP) is 7.03. The van der Waals surface area contributed by atoms with E-state index in [0.717, 1.165) is 29.2 Å². The maximum absolute atomic E-state index is 13.2. The van der Waals surface area contributed by atoms with E-state index in [1.807, 2.05) is 0 Å². The summed E-state index contributed by atoms with van der Waals surface area (Å²) in [4.78, 5) is 0. The van der Waals surface area contributed by atoms with Crippen molar-refractivity contribution in [3.8, 4) is 5.88 Å². The summed E-state index contributed by atoms with van der Waals surface area (Å²) in [6.45, 7) is 1.80. The molecule has 1 aliphatic heterocycles. The van der Waals surface area contributed by atoms with Crippen molar-refractivity contribution in [1.29, 1.82) is 0 Å². The molecule has 0 bridgehead atoms. The molecule has 146 valence electrons. The Kier molecular flexibility index (Phi) is 4.79. The zero-order valence-electron chi connectivity index (χ0n) is 14.7. The minimum atomic E-state index is -4.49. The van der Waals surface area contributed by atoms with Gasteiger partial charge in [0, 0.05) is 21.9 Å². The summed E-state index contributed by atoms with van der Waals surface area (Å²) in [5.41, 5.74) is 1.05. The molecule has 28 heavy (non-hydrogen) atoms. The average Bonchev–Trinajstić information content (AvgIpc) is 2.84. The van der Waals surface area contributed by atoms with E-state index >= 15 is 0 Å². The number of rotatable bonds is 3. The van der Waals surface area contributed by atoms with Gasteiger partial charge in [-0.05, 0) is 48.9 Å². The minimum absolute atomic E-state index is 0.0189. The van der Waals surface area contributed by atoms with Gasteiger partial charge in [-0.25, -0.2) is 0 Å². The summed E-state index contributed by atoms with van der Waals surface area (Å²) < 4.78 is 41.2. The van der Waals surface area contributed by atoms with Crippen LogP contribution in [0.5, 0.6) is 5.88 Å². The van der Waals surface area contributed by atoms with Gasteiger partial charge >= 0.3 is 6.18 Å². The second-order valence-electron chi connectivity index (χ2n) is 6.59. The average molecular weight is 426 g/mol. The number of fused-ring (bicyclic) bond motifs is 1. The molecule has 0 radical (unpaired) electrons. The molecule has 0 unspecified atom stereocenters. The van der Waals surface area contributed by atoms with Gasteiger partial charge in [-0.1, -0.05) is 11.6 Å². The fraction of sp³-hybridized carbons (Fsp3) is 0.263. The fourth-order valence-corrected chi connectivity index (χ4v) is 4.11. The molecule has 0 saturated carbocycles. The predicted molar refractivity (Wildman–Crippen MR) is 105 cm³/mol. The summed E-state index contributed by atoms with van der Waals surface area (Å²) in [5.74, 6) is 1.39. The molecule has 1 aliphatic rings. The maximum atomic E-state index is 13.2. The lowest BCUT2D eigenvalue weighted by Crippen LogP contribution is -2.22. The zero-order valence-corrected chi connectivity index (χ0v) is 16.2. The van der Waals surface area contributed by atoms with Crippen molar-refractivity contribution in [1.82, 2.24) is 4.57 Å². The zero-order chi connectivity index (χ0) is 20.1. The van der Waals surface area contributed by atoms with Crippen molar-refractivity contribution in [2.75, 3.05) is 11.5 Å². The SMILES string of the molecule is Cc1cc(Cl)ccc1N=Nc1c(O)n(C2CSC2)c2ccc(C(F)(F)F)cc12. The van der Waals surface area contributed by atoms with E-state index in [1.54, 1.807) is 41.5 Å². The number of alkyl halides is 3. The van der Waals surface area contributed by atoms with Gasteiger partial charge < -0.3 is 9.67 Å². The van der Waals surface area contributed by atoms with Gasteiger partial charge in [0.25, 0.3) is 0 Å². The van der Waals surface area contributed by atoms with Crippen LogP contribution in [0.4, 0.5) is 24.5 Å². The molecular weight excluding hydrogens is 411 g/mol. The van der Waals surface area contributed by atoms with Gasteiger partial charge in [0.15, 0.2) is 5.69 Å². The molecule has 9 heteroatoms. The normalized spacial score (nSPS) is 15.5. The number of halogens is 4. The van der Waals surface area contributed by atoms with Crippen LogP contribution >= 0.6 is 23.4 Å². The van der Waals surface area contributed by atoms with Gasteiger partial charge in [-0.3, -0.25) is 0 Å². The topological polar surface area (TPSA) is 49.9 Å². The molecule has 4 nitrogen and oxygen atoms in total. The van der Waals surface area contributed by atoms with Crippen LogP contribution in [-0.4, -0.2) is 21.2 Å². The maximum Gasteiger partial charge on any atom is 0.416 e. The highest BCUT2D eigenvalue weighted by molar-refractivity contribution is 8.00. The molecule has 1 fully saturated rings. The van der Waals surface area contributed by atoms with Gasteiger partial charge in [0.1, 0.15) is 0 Å². The molecule has 1 N–H and O–H groups in total. The van der Waals surface area contributed by atoms with Gasteiger partial charge in [-0.2, -0.15) is 30.0 Å². The fourth-order valence-electron chi connectivity index (χ4n) is 3.14. The van der Waals surface area contributed by atoms with Crippen molar-refractivity contribution in [2.45, 2.75) is 19.1 Å². The van der Waals surface area contributed by atoms with Crippen molar-refractivity contribution >= 4 is 45.6 Å². The Morgan fingerprint density at radius 1 is 1.14 bits per heavy atom. The molecule has 2 heterocycles. The third-order valence-electron chi connectivity index (χ3n) is 4.68. The number of aromatic hydroxyl groups is 1. The highest BCUT2D eigenvalue weighted by Crippen LogP contribution is 2.46. The third kappa shape index (κ3) is 3.35. The lowest BCUT2D eigenvalue weighted by Gasteiger charge is -2.27. The first-order valence-corrected chi connectivity index (χ1v) is 9.98. The van der Waals surface area contributed by atoms with E-state index in [0.29, 0.717) is 16.2 Å². The molecule has 0 aliphatic carbocycles. The summed E-state index contributed by atoms with van der Waals surface area (Å²) in [5, 5.41) is 19.8. The first-order valence-electron chi connectivity index (χ1n) is 8.45. The van der Waals surface area contributed by atoms with Gasteiger partial charge in [0.05, 0.1) is 22.8 Å². The number of aromatic nitrogens is 1. The molecular formula is C19H15ClF3N3OS. The lowest BCUT2D eigenvalue weighted by atomic mass is 10.1. The smallest absolute Gasteiger partial charge is 0.416 e. The Labute approximate surface area is 168 Å². The van der Waals surface area contributed by atoms with E-state index in [1.165, 1.54) is 6.07 Å². The van der Waals surface area contributed by atoms with Crippen molar-refractivity contribution in [3.05, 3.63) is 52.5 Å². The largest absolute Gasteiger partial charge is 0.493 e. The molecule has 2 aromatic carbocycles. The highest BCUT2D eigenvalue weighted by Gasteiger charge is 2.33. The van der Waals surface area contributed by atoms with Crippen LogP contribution in [0.3, 0.4) is 0 Å². The van der Waals surface area contributed by atoms with Crippen molar-refractivity contribution in [3.63, 3.8) is 0 Å². The summed E-state index contributed by atoms with van der Waals surface area (Å²) in [6.07, 6.45) is -4.49. The molecule has 3 aromatic rings. The van der Waals surface area contributed by atoms with Crippen LogP contribution in [0.1, 0.15) is 17.2 Å². The first-order chi connectivity index (χ1) is 13.3. The first kappa shape index (κ1) is 19.1. The molecule has 1 aromatic heterocycles. The lowest BCUT2D eigenvalue weighted by molar-refractivity contribution is -0.137. The van der Waals surface area contributed by atoms with Crippen molar-refractivity contribution < 1.29 is 18.3 Å². The monoisotopic (exact) mass is 425 g/mol. The van der Waals surface area contributed by atoms with Gasteiger partial charge in [0.2, 0.25) is 5.88 Å². The Hall–Kier alpha value is -2.19. The quantitative estimate of drug-likeness (QED) is 0.458. The third-order valence-corrected chi connectivity index (χ3v) is 6.16. The number of hydrogen-bond donors (Lipinski definition) is 1. The standard InChI is InChI=1S/C19H15ClF3N3OS/c1-10-6-12(20)3-4-15(10)24-25-17-14-7-11(19(21,22)23)2-5-16(14)26(18(17)27)13-8-28-9-13/h2-7,13,27H,8-9H2,1H3. The number of benzene rings is 2. The van der Waals surface area contributed by atoms with Crippen LogP contribution in [-0.2, 0) is 6.18 Å². The van der Waals surface area contributed by atoms with Crippen LogP contribution in [0.25, 0.3) is 10.9 Å². The molecule has 0 spiro atoms. The van der Waals surface area contributed by atoms with E-state index in [-0.39, 0.29) is 23.0 Å². The van der Waals surface area contributed by atoms with Crippen LogP contribution in [0.2, 0.25) is 5.02 Å². The van der Waals surface area contributed by atoms with E-state index in [9.17, 15) is 18.3 Å².